The summed E-state index contributed by atoms with van der Waals surface area (Å²) < 4.78 is 0. The van der Waals surface area contributed by atoms with Gasteiger partial charge in [-0.05, 0) is 30.2 Å². The molecule has 0 unspecified atom stereocenters. The normalized spacial score (nSPS) is 10.7. The van der Waals surface area contributed by atoms with Crippen LogP contribution in [0.5, 0.6) is 0 Å². The second kappa shape index (κ2) is 10.4. The fourth-order valence-electron chi connectivity index (χ4n) is 3.50. The number of hydrogen-bond donors (Lipinski definition) is 1. The van der Waals surface area contributed by atoms with Gasteiger partial charge in [-0.15, -0.1) is 11.3 Å². The van der Waals surface area contributed by atoms with Gasteiger partial charge in [0.25, 0.3) is 0 Å². The van der Waals surface area contributed by atoms with Gasteiger partial charge in [0.15, 0.2) is 0 Å². The Labute approximate surface area is 204 Å². The molecule has 6 heteroatoms. The van der Waals surface area contributed by atoms with Crippen molar-refractivity contribution >= 4 is 28.8 Å². The van der Waals surface area contributed by atoms with Crippen LogP contribution in [0.1, 0.15) is 16.8 Å². The fraction of sp³-hybridized carbons (Fsp3) is 0.179. The number of benzene rings is 3. The summed E-state index contributed by atoms with van der Waals surface area (Å²) in [6.07, 6.45) is 0.510. The topological polar surface area (TPSA) is 62.3 Å². The van der Waals surface area contributed by atoms with E-state index < -0.39 is 0 Å². The molecule has 0 aliphatic heterocycles. The zero-order chi connectivity index (χ0) is 24.1. The van der Waals surface area contributed by atoms with Crippen LogP contribution in [0, 0.1) is 6.92 Å². The van der Waals surface area contributed by atoms with Crippen molar-refractivity contribution < 1.29 is 9.59 Å². The van der Waals surface area contributed by atoms with Crippen LogP contribution in [0.15, 0.2) is 78.9 Å². The van der Waals surface area contributed by atoms with Gasteiger partial charge in [-0.25, -0.2) is 4.98 Å². The highest BCUT2D eigenvalue weighted by molar-refractivity contribution is 7.18. The molecule has 1 heterocycles. The Morgan fingerprint density at radius 2 is 1.53 bits per heavy atom. The SMILES string of the molecule is Cc1ccc(-c2sc(-c3ccccc3)nc2CC(=O)Nc2ccc(CC(=O)N(C)C)cc2)cc1. The fourth-order valence-corrected chi connectivity index (χ4v) is 4.59. The molecule has 0 aliphatic carbocycles. The van der Waals surface area contributed by atoms with Gasteiger partial charge >= 0.3 is 0 Å². The number of rotatable bonds is 7. The van der Waals surface area contributed by atoms with E-state index in [-0.39, 0.29) is 18.2 Å². The van der Waals surface area contributed by atoms with E-state index in [2.05, 4.69) is 36.5 Å². The molecule has 4 aromatic rings. The van der Waals surface area contributed by atoms with E-state index in [1.54, 1.807) is 30.3 Å². The molecule has 34 heavy (non-hydrogen) atoms. The minimum absolute atomic E-state index is 0.0400. The molecule has 0 spiro atoms. The van der Waals surface area contributed by atoms with Gasteiger partial charge < -0.3 is 10.2 Å². The van der Waals surface area contributed by atoms with E-state index >= 15 is 0 Å². The monoisotopic (exact) mass is 469 g/mol. The number of aryl methyl sites for hydroxylation is 1. The highest BCUT2D eigenvalue weighted by Crippen LogP contribution is 2.36. The van der Waals surface area contributed by atoms with Gasteiger partial charge in [-0.2, -0.15) is 0 Å². The lowest BCUT2D eigenvalue weighted by molar-refractivity contribution is -0.128. The van der Waals surface area contributed by atoms with E-state index in [4.69, 9.17) is 4.98 Å². The molecule has 0 radical (unpaired) electrons. The summed E-state index contributed by atoms with van der Waals surface area (Å²) in [5.41, 5.74) is 5.65. The lowest BCUT2D eigenvalue weighted by atomic mass is 10.1. The Bertz CT molecular complexity index is 1280. The minimum atomic E-state index is -0.129. The molecule has 0 fully saturated rings. The summed E-state index contributed by atoms with van der Waals surface area (Å²) in [6, 6.07) is 25.7. The number of nitrogens with zero attached hydrogens (tertiary/aromatic N) is 2. The number of likely N-dealkylation sites (N-methyl/N-ethyl adjacent to an activating group) is 1. The van der Waals surface area contributed by atoms with Crippen LogP contribution < -0.4 is 5.32 Å². The molecule has 172 valence electrons. The van der Waals surface area contributed by atoms with Crippen molar-refractivity contribution in [2.45, 2.75) is 19.8 Å². The number of carbonyl (C=O) groups is 2. The number of hydrogen-bond acceptors (Lipinski definition) is 4. The molecule has 0 saturated heterocycles. The molecule has 0 saturated carbocycles. The van der Waals surface area contributed by atoms with Crippen LogP contribution in [0.4, 0.5) is 5.69 Å². The maximum atomic E-state index is 12.9. The first-order valence-corrected chi connectivity index (χ1v) is 11.9. The van der Waals surface area contributed by atoms with Gasteiger partial charge in [0.05, 0.1) is 23.4 Å². The molecule has 5 nitrogen and oxygen atoms in total. The Hall–Kier alpha value is -3.77. The summed E-state index contributed by atoms with van der Waals surface area (Å²) in [6.45, 7) is 2.06. The predicted molar refractivity (Wildman–Crippen MR) is 139 cm³/mol. The smallest absolute Gasteiger partial charge is 0.230 e. The third-order valence-electron chi connectivity index (χ3n) is 5.45. The van der Waals surface area contributed by atoms with Crippen LogP contribution in [-0.4, -0.2) is 35.8 Å². The van der Waals surface area contributed by atoms with Crippen molar-refractivity contribution in [3.63, 3.8) is 0 Å². The maximum Gasteiger partial charge on any atom is 0.230 e. The summed E-state index contributed by atoms with van der Waals surface area (Å²) in [5, 5.41) is 3.86. The molecule has 4 rings (SSSR count). The van der Waals surface area contributed by atoms with E-state index in [9.17, 15) is 9.59 Å². The molecule has 1 aromatic heterocycles. The number of aromatic nitrogens is 1. The summed E-state index contributed by atoms with van der Waals surface area (Å²) in [5.74, 6) is -0.0893. The first kappa shape index (κ1) is 23.4. The van der Waals surface area contributed by atoms with Crippen molar-refractivity contribution in [1.82, 2.24) is 9.88 Å². The lowest BCUT2D eigenvalue weighted by Gasteiger charge is -2.10. The highest BCUT2D eigenvalue weighted by atomic mass is 32.1. The molecular formula is C28H27N3O2S. The standard InChI is InChI=1S/C28H27N3O2S/c1-19-9-13-21(14-10-19)27-24(30-28(34-27)22-7-5-4-6-8-22)18-25(32)29-23-15-11-20(12-16-23)17-26(33)31(2)3/h4-16H,17-18H2,1-3H3,(H,29,32). The van der Waals surface area contributed by atoms with Gasteiger partial charge in [0.2, 0.25) is 11.8 Å². The number of thiazole rings is 1. The van der Waals surface area contributed by atoms with Gasteiger partial charge in [0, 0.05) is 25.3 Å². The van der Waals surface area contributed by atoms with E-state index in [1.165, 1.54) is 5.56 Å². The Morgan fingerprint density at radius 3 is 2.18 bits per heavy atom. The van der Waals surface area contributed by atoms with Gasteiger partial charge in [-0.1, -0.05) is 72.3 Å². The van der Waals surface area contributed by atoms with Crippen LogP contribution in [0.25, 0.3) is 21.0 Å². The predicted octanol–water partition coefficient (Wildman–Crippen LogP) is 5.60. The third-order valence-corrected chi connectivity index (χ3v) is 6.65. The van der Waals surface area contributed by atoms with Crippen molar-refractivity contribution in [3.05, 3.63) is 95.7 Å². The molecule has 0 atom stereocenters. The number of carbonyl (C=O) groups excluding carboxylic acids is 2. The van der Waals surface area contributed by atoms with Crippen molar-refractivity contribution in [1.29, 1.82) is 0 Å². The van der Waals surface area contributed by atoms with Crippen LogP contribution in [0.3, 0.4) is 0 Å². The average molecular weight is 470 g/mol. The van der Waals surface area contributed by atoms with E-state index in [0.717, 1.165) is 32.3 Å². The highest BCUT2D eigenvalue weighted by Gasteiger charge is 2.17. The van der Waals surface area contributed by atoms with Crippen molar-refractivity contribution in [2.24, 2.45) is 0 Å². The summed E-state index contributed by atoms with van der Waals surface area (Å²) in [7, 11) is 3.48. The van der Waals surface area contributed by atoms with Crippen molar-refractivity contribution in [2.75, 3.05) is 19.4 Å². The number of amides is 2. The van der Waals surface area contributed by atoms with Crippen molar-refractivity contribution in [3.8, 4) is 21.0 Å². The molecule has 0 aliphatic rings. The number of anilines is 1. The minimum Gasteiger partial charge on any atom is -0.349 e. The van der Waals surface area contributed by atoms with Gasteiger partial charge in [-0.3, -0.25) is 9.59 Å². The Balaban J connectivity index is 1.53. The zero-order valence-electron chi connectivity index (χ0n) is 19.5. The second-order valence-electron chi connectivity index (χ2n) is 8.41. The quantitative estimate of drug-likeness (QED) is 0.383. The van der Waals surface area contributed by atoms with Crippen LogP contribution >= 0.6 is 11.3 Å². The maximum absolute atomic E-state index is 12.9. The van der Waals surface area contributed by atoms with E-state index in [1.807, 2.05) is 54.6 Å². The first-order valence-electron chi connectivity index (χ1n) is 11.1. The first-order chi connectivity index (χ1) is 16.4. The average Bonchev–Trinajstić information content (AvgIpc) is 3.25. The second-order valence-corrected chi connectivity index (χ2v) is 9.41. The molecular weight excluding hydrogens is 442 g/mol. The Kier molecular flexibility index (Phi) is 7.18. The summed E-state index contributed by atoms with van der Waals surface area (Å²) >= 11 is 1.60. The summed E-state index contributed by atoms with van der Waals surface area (Å²) in [4.78, 5) is 32.2. The zero-order valence-corrected chi connectivity index (χ0v) is 20.4. The molecule has 2 amide bonds. The molecule has 3 aromatic carbocycles. The van der Waals surface area contributed by atoms with Crippen LogP contribution in [0.2, 0.25) is 0 Å². The van der Waals surface area contributed by atoms with Crippen LogP contribution in [-0.2, 0) is 22.4 Å². The largest absolute Gasteiger partial charge is 0.349 e. The Morgan fingerprint density at radius 1 is 0.853 bits per heavy atom. The van der Waals surface area contributed by atoms with Gasteiger partial charge in [0.1, 0.15) is 5.01 Å². The third kappa shape index (κ3) is 5.77. The molecule has 0 bridgehead atoms. The molecule has 1 N–H and O–H groups in total. The van der Waals surface area contributed by atoms with E-state index in [0.29, 0.717) is 12.1 Å². The lowest BCUT2D eigenvalue weighted by Crippen LogP contribution is -2.23. The number of nitrogens with one attached hydrogen (secondary N) is 1.